The van der Waals surface area contributed by atoms with Gasteiger partial charge in [-0.05, 0) is 60.9 Å². The number of benzene rings is 1. The van der Waals surface area contributed by atoms with Gasteiger partial charge in [0.2, 0.25) is 5.91 Å². The van der Waals surface area contributed by atoms with Gasteiger partial charge >= 0.3 is 5.97 Å². The quantitative estimate of drug-likeness (QED) is 0.841. The van der Waals surface area contributed by atoms with Crippen LogP contribution >= 0.6 is 0 Å². The van der Waals surface area contributed by atoms with E-state index in [1.54, 1.807) is 7.11 Å². The Morgan fingerprint density at radius 1 is 1.29 bits per heavy atom. The number of hydrogen-bond acceptors (Lipinski definition) is 3. The Morgan fingerprint density at radius 3 is 2.79 bits per heavy atom. The first-order valence-electron chi connectivity index (χ1n) is 8.45. The number of allylic oxidation sites excluding steroid dienone is 1. The summed E-state index contributed by atoms with van der Waals surface area (Å²) in [5, 5.41) is 12.0. The zero-order valence-electron chi connectivity index (χ0n) is 13.9. The maximum absolute atomic E-state index is 12.2. The summed E-state index contributed by atoms with van der Waals surface area (Å²) >= 11 is 0. The number of ether oxygens (including phenoxy) is 1. The number of carboxylic acid groups (broad SMARTS) is 1. The van der Waals surface area contributed by atoms with Gasteiger partial charge < -0.3 is 15.2 Å². The van der Waals surface area contributed by atoms with E-state index in [9.17, 15) is 9.59 Å². The molecule has 3 rings (SSSR count). The van der Waals surface area contributed by atoms with E-state index < -0.39 is 5.97 Å². The maximum Gasteiger partial charge on any atom is 0.306 e. The summed E-state index contributed by atoms with van der Waals surface area (Å²) in [4.78, 5) is 23.2. The van der Waals surface area contributed by atoms with E-state index >= 15 is 0 Å². The average molecular weight is 329 g/mol. The van der Waals surface area contributed by atoms with Gasteiger partial charge in [-0.3, -0.25) is 9.59 Å². The third-order valence-electron chi connectivity index (χ3n) is 5.08. The first-order valence-corrected chi connectivity index (χ1v) is 8.45. The lowest BCUT2D eigenvalue weighted by Gasteiger charge is -2.12. The van der Waals surface area contributed by atoms with Gasteiger partial charge in [0.05, 0.1) is 13.0 Å². The SMILES string of the molecule is COc1ccc2c(c1)C(CCNC(=O)C1CCC(C(=O)O)C1)=CC2. The smallest absolute Gasteiger partial charge is 0.306 e. The van der Waals surface area contributed by atoms with Crippen molar-refractivity contribution in [1.82, 2.24) is 5.32 Å². The second kappa shape index (κ2) is 7.07. The lowest BCUT2D eigenvalue weighted by molar-refractivity contribution is -0.141. The zero-order chi connectivity index (χ0) is 17.1. The molecule has 0 radical (unpaired) electrons. The Balaban J connectivity index is 1.50. The number of aliphatic carboxylic acids is 1. The Kier molecular flexibility index (Phi) is 4.88. The van der Waals surface area contributed by atoms with Crippen LogP contribution in [0.2, 0.25) is 0 Å². The fraction of sp³-hybridized carbons (Fsp3) is 0.474. The van der Waals surface area contributed by atoms with Gasteiger partial charge in [-0.25, -0.2) is 0 Å². The van der Waals surface area contributed by atoms with E-state index in [0.717, 1.165) is 18.6 Å². The van der Waals surface area contributed by atoms with Crippen molar-refractivity contribution >= 4 is 17.4 Å². The summed E-state index contributed by atoms with van der Waals surface area (Å²) in [6.45, 7) is 0.579. The number of carboxylic acids is 1. The largest absolute Gasteiger partial charge is 0.497 e. The van der Waals surface area contributed by atoms with E-state index in [-0.39, 0.29) is 17.7 Å². The molecule has 2 N–H and O–H groups in total. The standard InChI is InChI=1S/C19H23NO4/c1-24-16-7-6-12-2-3-13(17(12)11-16)8-9-20-18(21)14-4-5-15(10-14)19(22)23/h3,6-7,11,14-15H,2,4-5,8-10H2,1H3,(H,20,21)(H,22,23). The molecule has 0 saturated heterocycles. The summed E-state index contributed by atoms with van der Waals surface area (Å²) in [5.41, 5.74) is 3.73. The molecule has 1 fully saturated rings. The van der Waals surface area contributed by atoms with Crippen LogP contribution in [0.5, 0.6) is 5.75 Å². The summed E-state index contributed by atoms with van der Waals surface area (Å²) < 4.78 is 5.28. The minimum atomic E-state index is -0.785. The van der Waals surface area contributed by atoms with Gasteiger partial charge in [0, 0.05) is 12.5 Å². The van der Waals surface area contributed by atoms with Crippen molar-refractivity contribution in [1.29, 1.82) is 0 Å². The van der Waals surface area contributed by atoms with Crippen LogP contribution in [0.15, 0.2) is 24.3 Å². The number of amides is 1. The van der Waals surface area contributed by atoms with Crippen LogP contribution < -0.4 is 10.1 Å². The second-order valence-corrected chi connectivity index (χ2v) is 6.54. The molecule has 2 atom stereocenters. The molecule has 24 heavy (non-hydrogen) atoms. The third kappa shape index (κ3) is 3.45. The molecule has 1 amide bonds. The van der Waals surface area contributed by atoms with Crippen molar-refractivity contribution in [2.45, 2.75) is 32.1 Å². The Bertz CT molecular complexity index is 680. The number of methoxy groups -OCH3 is 1. The van der Waals surface area contributed by atoms with Crippen LogP contribution in [-0.4, -0.2) is 30.6 Å². The van der Waals surface area contributed by atoms with Gasteiger partial charge in [-0.15, -0.1) is 0 Å². The lowest BCUT2D eigenvalue weighted by Crippen LogP contribution is -2.30. The molecule has 0 spiro atoms. The number of hydrogen-bond donors (Lipinski definition) is 2. The maximum atomic E-state index is 12.2. The molecule has 0 aliphatic heterocycles. The third-order valence-corrected chi connectivity index (χ3v) is 5.08. The molecule has 1 aromatic rings. The highest BCUT2D eigenvalue weighted by atomic mass is 16.5. The highest BCUT2D eigenvalue weighted by molar-refractivity contribution is 5.81. The van der Waals surface area contributed by atoms with Crippen molar-refractivity contribution in [2.75, 3.05) is 13.7 Å². The van der Waals surface area contributed by atoms with Gasteiger partial charge in [-0.2, -0.15) is 0 Å². The molecule has 1 saturated carbocycles. The molecular weight excluding hydrogens is 306 g/mol. The van der Waals surface area contributed by atoms with Gasteiger partial charge in [0.25, 0.3) is 0 Å². The van der Waals surface area contributed by atoms with E-state index in [4.69, 9.17) is 9.84 Å². The Hall–Kier alpha value is -2.30. The van der Waals surface area contributed by atoms with E-state index in [2.05, 4.69) is 17.5 Å². The number of rotatable bonds is 6. The van der Waals surface area contributed by atoms with Crippen LogP contribution in [-0.2, 0) is 16.0 Å². The normalized spacial score (nSPS) is 22.0. The van der Waals surface area contributed by atoms with Crippen molar-refractivity contribution in [3.05, 3.63) is 35.4 Å². The monoisotopic (exact) mass is 329 g/mol. The average Bonchev–Trinajstić information content (AvgIpc) is 3.21. The number of carbonyl (C=O) groups is 2. The second-order valence-electron chi connectivity index (χ2n) is 6.54. The van der Waals surface area contributed by atoms with Gasteiger partial charge in [0.1, 0.15) is 5.75 Å². The minimum Gasteiger partial charge on any atom is -0.497 e. The van der Waals surface area contributed by atoms with E-state index in [0.29, 0.717) is 25.8 Å². The number of carbonyl (C=O) groups excluding carboxylic acids is 1. The van der Waals surface area contributed by atoms with Crippen LogP contribution in [0.4, 0.5) is 0 Å². The Labute approximate surface area is 141 Å². The molecular formula is C19H23NO4. The fourth-order valence-corrected chi connectivity index (χ4v) is 3.65. The molecule has 5 nitrogen and oxygen atoms in total. The van der Waals surface area contributed by atoms with Gasteiger partial charge in [-0.1, -0.05) is 12.1 Å². The molecule has 0 heterocycles. The van der Waals surface area contributed by atoms with Crippen molar-refractivity contribution in [2.24, 2.45) is 11.8 Å². The summed E-state index contributed by atoms with van der Waals surface area (Å²) in [6.07, 6.45) is 5.64. The predicted octanol–water partition coefficient (Wildman–Crippen LogP) is 2.64. The van der Waals surface area contributed by atoms with Crippen molar-refractivity contribution in [3.8, 4) is 5.75 Å². The van der Waals surface area contributed by atoms with E-state index in [1.165, 1.54) is 16.7 Å². The molecule has 0 bridgehead atoms. The minimum absolute atomic E-state index is 0.0109. The number of nitrogens with one attached hydrogen (secondary N) is 1. The molecule has 2 unspecified atom stereocenters. The molecule has 2 aliphatic carbocycles. The highest BCUT2D eigenvalue weighted by Gasteiger charge is 2.33. The molecule has 1 aromatic carbocycles. The summed E-state index contributed by atoms with van der Waals surface area (Å²) in [6, 6.07) is 6.10. The van der Waals surface area contributed by atoms with Crippen LogP contribution in [0.1, 0.15) is 36.8 Å². The zero-order valence-corrected chi connectivity index (χ0v) is 13.9. The molecule has 2 aliphatic rings. The van der Waals surface area contributed by atoms with Crippen LogP contribution in [0.25, 0.3) is 5.57 Å². The van der Waals surface area contributed by atoms with Crippen molar-refractivity contribution in [3.63, 3.8) is 0 Å². The topological polar surface area (TPSA) is 75.6 Å². The summed E-state index contributed by atoms with van der Waals surface area (Å²) in [5.74, 6) is -0.472. The van der Waals surface area contributed by atoms with Gasteiger partial charge in [0.15, 0.2) is 0 Å². The van der Waals surface area contributed by atoms with Crippen LogP contribution in [0.3, 0.4) is 0 Å². The summed E-state index contributed by atoms with van der Waals surface area (Å²) in [7, 11) is 1.66. The first-order chi connectivity index (χ1) is 11.6. The first kappa shape index (κ1) is 16.6. The lowest BCUT2D eigenvalue weighted by atomic mass is 10.0. The predicted molar refractivity (Wildman–Crippen MR) is 90.8 cm³/mol. The Morgan fingerprint density at radius 2 is 2.08 bits per heavy atom. The van der Waals surface area contributed by atoms with Crippen LogP contribution in [0, 0.1) is 11.8 Å². The fourth-order valence-electron chi connectivity index (χ4n) is 3.65. The highest BCUT2D eigenvalue weighted by Crippen LogP contribution is 2.33. The van der Waals surface area contributed by atoms with E-state index in [1.807, 2.05) is 12.1 Å². The molecule has 0 aromatic heterocycles. The molecule has 5 heteroatoms. The number of fused-ring (bicyclic) bond motifs is 1. The van der Waals surface area contributed by atoms with Crippen molar-refractivity contribution < 1.29 is 19.4 Å². The molecule has 128 valence electrons.